The summed E-state index contributed by atoms with van der Waals surface area (Å²) in [6.07, 6.45) is -1.00. The summed E-state index contributed by atoms with van der Waals surface area (Å²) in [5.74, 6) is 0.0125. The lowest BCUT2D eigenvalue weighted by Crippen LogP contribution is -2.18. The van der Waals surface area contributed by atoms with E-state index in [-0.39, 0.29) is 17.9 Å². The molecule has 4 nitrogen and oxygen atoms in total. The van der Waals surface area contributed by atoms with Crippen LogP contribution in [0, 0.1) is 5.82 Å². The molecule has 2 N–H and O–H groups in total. The van der Waals surface area contributed by atoms with E-state index in [1.165, 1.54) is 20.3 Å². The Bertz CT molecular complexity index is 401. The van der Waals surface area contributed by atoms with E-state index >= 15 is 0 Å². The first-order valence-corrected chi connectivity index (χ1v) is 5.78. The Balaban J connectivity index is 3.36. The molecule has 1 aromatic carbocycles. The summed E-state index contributed by atoms with van der Waals surface area (Å²) in [5.41, 5.74) is 0.0851. The van der Waals surface area contributed by atoms with Crippen molar-refractivity contribution >= 4 is 15.9 Å². The van der Waals surface area contributed by atoms with E-state index in [0.29, 0.717) is 10.2 Å². The Morgan fingerprint density at radius 2 is 2.00 bits per heavy atom. The molecule has 0 bridgehead atoms. The predicted molar refractivity (Wildman–Crippen MR) is 66.1 cm³/mol. The zero-order valence-corrected chi connectivity index (χ0v) is 11.5. The van der Waals surface area contributed by atoms with Crippen molar-refractivity contribution in [3.05, 3.63) is 21.9 Å². The van der Waals surface area contributed by atoms with E-state index in [2.05, 4.69) is 21.2 Å². The third kappa shape index (κ3) is 2.88. The Kier molecular flexibility index (Phi) is 5.17. The molecule has 17 heavy (non-hydrogen) atoms. The average molecular weight is 308 g/mol. The molecule has 0 spiro atoms. The molecule has 6 heteroatoms. The van der Waals surface area contributed by atoms with Gasteiger partial charge >= 0.3 is 0 Å². The van der Waals surface area contributed by atoms with E-state index in [1.807, 2.05) is 0 Å². The molecule has 0 saturated carbocycles. The molecular weight excluding hydrogens is 293 g/mol. The summed E-state index contributed by atoms with van der Waals surface area (Å²) < 4.78 is 24.5. The van der Waals surface area contributed by atoms with Crippen LogP contribution in [0.1, 0.15) is 11.7 Å². The number of halogens is 2. The molecule has 0 saturated heterocycles. The number of aliphatic hydroxyl groups is 1. The van der Waals surface area contributed by atoms with Crippen molar-refractivity contribution in [3.63, 3.8) is 0 Å². The van der Waals surface area contributed by atoms with E-state index in [9.17, 15) is 9.50 Å². The maximum absolute atomic E-state index is 13.8. The van der Waals surface area contributed by atoms with Crippen LogP contribution >= 0.6 is 15.9 Å². The molecule has 0 aliphatic rings. The van der Waals surface area contributed by atoms with Gasteiger partial charge in [0.15, 0.2) is 11.5 Å². The van der Waals surface area contributed by atoms with Crippen LogP contribution in [-0.2, 0) is 0 Å². The van der Waals surface area contributed by atoms with Crippen LogP contribution in [0.5, 0.6) is 11.5 Å². The minimum atomic E-state index is -1.00. The van der Waals surface area contributed by atoms with Gasteiger partial charge in [0.2, 0.25) is 0 Å². The van der Waals surface area contributed by atoms with Gasteiger partial charge in [-0.05, 0) is 29.0 Å². The smallest absolute Gasteiger partial charge is 0.175 e. The molecule has 0 radical (unpaired) electrons. The monoisotopic (exact) mass is 307 g/mol. The van der Waals surface area contributed by atoms with Gasteiger partial charge in [0.05, 0.1) is 30.4 Å². The average Bonchev–Trinajstić information content (AvgIpc) is 2.28. The zero-order chi connectivity index (χ0) is 13.0. The molecular formula is C11H15BrFNO3. The van der Waals surface area contributed by atoms with E-state index < -0.39 is 11.9 Å². The van der Waals surface area contributed by atoms with Crippen LogP contribution in [-0.4, -0.2) is 32.9 Å². The van der Waals surface area contributed by atoms with Crippen LogP contribution in [0.25, 0.3) is 0 Å². The highest BCUT2D eigenvalue weighted by Gasteiger charge is 2.24. The van der Waals surface area contributed by atoms with Gasteiger partial charge in [0, 0.05) is 6.54 Å². The number of hydrogen-bond donors (Lipinski definition) is 2. The second-order valence-corrected chi connectivity index (χ2v) is 4.25. The van der Waals surface area contributed by atoms with Gasteiger partial charge < -0.3 is 19.9 Å². The van der Waals surface area contributed by atoms with Gasteiger partial charge in [0.25, 0.3) is 0 Å². The Labute approximate surface area is 108 Å². The van der Waals surface area contributed by atoms with E-state index in [0.717, 1.165) is 0 Å². The zero-order valence-electron chi connectivity index (χ0n) is 9.88. The highest BCUT2D eigenvalue weighted by molar-refractivity contribution is 9.10. The molecule has 0 aliphatic heterocycles. The summed E-state index contributed by atoms with van der Waals surface area (Å²) in [7, 11) is 4.53. The summed E-state index contributed by atoms with van der Waals surface area (Å²) in [6.45, 7) is 0.220. The fourth-order valence-electron chi connectivity index (χ4n) is 1.59. The van der Waals surface area contributed by atoms with Crippen LogP contribution in [0.2, 0.25) is 0 Å². The number of aliphatic hydroxyl groups excluding tert-OH is 1. The molecule has 0 aliphatic carbocycles. The number of hydrogen-bond acceptors (Lipinski definition) is 4. The van der Waals surface area contributed by atoms with Gasteiger partial charge in [-0.3, -0.25) is 0 Å². The highest BCUT2D eigenvalue weighted by Crippen LogP contribution is 2.42. The van der Waals surface area contributed by atoms with Crippen LogP contribution in [0.3, 0.4) is 0 Å². The minimum absolute atomic E-state index is 0.0851. The number of nitrogens with one attached hydrogen (secondary N) is 1. The fraction of sp³-hybridized carbons (Fsp3) is 0.455. The van der Waals surface area contributed by atoms with E-state index in [4.69, 9.17) is 9.47 Å². The fourth-order valence-corrected chi connectivity index (χ4v) is 2.14. The number of likely N-dealkylation sites (N-methyl/N-ethyl adjacent to an activating group) is 1. The molecule has 0 fully saturated rings. The second kappa shape index (κ2) is 6.18. The normalized spacial score (nSPS) is 12.4. The topological polar surface area (TPSA) is 50.7 Å². The molecule has 1 rings (SSSR count). The third-order valence-corrected chi connectivity index (χ3v) is 2.91. The van der Waals surface area contributed by atoms with Crippen LogP contribution < -0.4 is 14.8 Å². The van der Waals surface area contributed by atoms with Crippen molar-refractivity contribution in [1.29, 1.82) is 0 Å². The maximum Gasteiger partial charge on any atom is 0.175 e. The Morgan fingerprint density at radius 3 is 2.47 bits per heavy atom. The van der Waals surface area contributed by atoms with Gasteiger partial charge in [-0.15, -0.1) is 0 Å². The lowest BCUT2D eigenvalue weighted by Gasteiger charge is -2.18. The minimum Gasteiger partial charge on any atom is -0.492 e. The first-order chi connectivity index (χ1) is 8.06. The first kappa shape index (κ1) is 14.2. The number of rotatable bonds is 5. The van der Waals surface area contributed by atoms with Gasteiger partial charge in [-0.1, -0.05) is 0 Å². The second-order valence-electron chi connectivity index (χ2n) is 3.39. The van der Waals surface area contributed by atoms with Crippen molar-refractivity contribution < 1.29 is 19.0 Å². The van der Waals surface area contributed by atoms with Crippen molar-refractivity contribution in [3.8, 4) is 11.5 Å². The summed E-state index contributed by atoms with van der Waals surface area (Å²) in [4.78, 5) is 0. The summed E-state index contributed by atoms with van der Waals surface area (Å²) in [6, 6.07) is 1.25. The van der Waals surface area contributed by atoms with Crippen LogP contribution in [0.15, 0.2) is 10.5 Å². The lowest BCUT2D eigenvalue weighted by atomic mass is 10.1. The Hall–Kier alpha value is -0.850. The molecule has 0 heterocycles. The highest BCUT2D eigenvalue weighted by atomic mass is 79.9. The molecule has 0 aromatic heterocycles. The van der Waals surface area contributed by atoms with Crippen molar-refractivity contribution in [1.82, 2.24) is 5.32 Å². The third-order valence-electron chi connectivity index (χ3n) is 2.32. The molecule has 1 unspecified atom stereocenters. The first-order valence-electron chi connectivity index (χ1n) is 4.99. The SMILES string of the molecule is CNCC(O)c1c(F)cc(Br)c(OC)c1OC. The number of methoxy groups -OCH3 is 2. The predicted octanol–water partition coefficient (Wildman–Crippen LogP) is 1.86. The lowest BCUT2D eigenvalue weighted by molar-refractivity contribution is 0.167. The molecule has 0 amide bonds. The van der Waals surface area contributed by atoms with Crippen molar-refractivity contribution in [2.24, 2.45) is 0 Å². The van der Waals surface area contributed by atoms with Gasteiger partial charge in [0.1, 0.15) is 5.82 Å². The number of benzene rings is 1. The summed E-state index contributed by atoms with van der Waals surface area (Å²) in [5, 5.41) is 12.6. The van der Waals surface area contributed by atoms with Gasteiger partial charge in [-0.25, -0.2) is 4.39 Å². The molecule has 96 valence electrons. The van der Waals surface area contributed by atoms with Crippen molar-refractivity contribution in [2.45, 2.75) is 6.10 Å². The largest absolute Gasteiger partial charge is 0.492 e. The molecule has 1 aromatic rings. The standard InChI is InChI=1S/C11H15BrFNO3/c1-14-5-8(15)9-7(13)4-6(12)10(16-2)11(9)17-3/h4,8,14-15H,5H2,1-3H3. The quantitative estimate of drug-likeness (QED) is 0.872. The van der Waals surface area contributed by atoms with Gasteiger partial charge in [-0.2, -0.15) is 0 Å². The number of ether oxygens (including phenoxy) is 2. The summed E-state index contributed by atoms with van der Waals surface area (Å²) >= 11 is 3.18. The van der Waals surface area contributed by atoms with Crippen LogP contribution in [0.4, 0.5) is 4.39 Å². The maximum atomic E-state index is 13.8. The van der Waals surface area contributed by atoms with E-state index in [1.54, 1.807) is 7.05 Å². The van der Waals surface area contributed by atoms with Crippen molar-refractivity contribution in [2.75, 3.05) is 27.8 Å². The Morgan fingerprint density at radius 1 is 1.41 bits per heavy atom. The molecule has 1 atom stereocenters.